The summed E-state index contributed by atoms with van der Waals surface area (Å²) in [6, 6.07) is 0. The maximum absolute atomic E-state index is 10.9. The molecular weight excluding hydrogens is 178 g/mol. The third-order valence-electron chi connectivity index (χ3n) is 2.77. The zero-order valence-electron chi connectivity index (χ0n) is 8.05. The summed E-state index contributed by atoms with van der Waals surface area (Å²) in [6.07, 6.45) is 6.58. The van der Waals surface area contributed by atoms with Crippen molar-refractivity contribution >= 4 is 11.6 Å². The van der Waals surface area contributed by atoms with Gasteiger partial charge in [0.15, 0.2) is 0 Å². The molecule has 1 aromatic rings. The molecule has 0 aromatic carbocycles. The number of amides is 1. The van der Waals surface area contributed by atoms with Gasteiger partial charge in [0.05, 0.1) is 5.69 Å². The summed E-state index contributed by atoms with van der Waals surface area (Å²) in [7, 11) is 0. The smallest absolute Gasteiger partial charge is 0.267 e. The van der Waals surface area contributed by atoms with E-state index in [0.29, 0.717) is 11.4 Å². The fourth-order valence-electron chi connectivity index (χ4n) is 1.65. The van der Waals surface area contributed by atoms with Gasteiger partial charge in [0.2, 0.25) is 0 Å². The quantitative estimate of drug-likeness (QED) is 0.667. The summed E-state index contributed by atoms with van der Waals surface area (Å²) < 4.78 is 0. The molecule has 1 amide bonds. The average Bonchev–Trinajstić information content (AvgIpc) is 2.87. The maximum Gasteiger partial charge on any atom is 0.267 e. The predicted octanol–water partition coefficient (Wildman–Crippen LogP) is 1.04. The molecule has 1 aliphatic rings. The van der Waals surface area contributed by atoms with Crippen molar-refractivity contribution in [3.05, 3.63) is 17.5 Å². The number of hydrogen-bond acceptors (Lipinski definition) is 2. The van der Waals surface area contributed by atoms with Crippen molar-refractivity contribution in [2.75, 3.05) is 5.73 Å². The summed E-state index contributed by atoms with van der Waals surface area (Å²) in [5, 5.41) is 0. The van der Waals surface area contributed by atoms with Gasteiger partial charge in [0.1, 0.15) is 5.69 Å². The number of hydrogen-bond donors (Lipinski definition) is 3. The minimum Gasteiger partial charge on any atom is -0.397 e. The highest BCUT2D eigenvalue weighted by Crippen LogP contribution is 2.34. The first-order valence-electron chi connectivity index (χ1n) is 4.94. The Morgan fingerprint density at radius 2 is 2.29 bits per heavy atom. The van der Waals surface area contributed by atoms with Crippen molar-refractivity contribution in [2.24, 2.45) is 11.7 Å². The number of aromatic nitrogens is 1. The van der Waals surface area contributed by atoms with E-state index in [1.165, 1.54) is 19.3 Å². The van der Waals surface area contributed by atoms with E-state index in [1.807, 2.05) is 0 Å². The molecule has 1 aliphatic carbocycles. The number of rotatable bonds is 4. The van der Waals surface area contributed by atoms with Crippen molar-refractivity contribution in [1.29, 1.82) is 0 Å². The molecule has 1 heterocycles. The van der Waals surface area contributed by atoms with Crippen molar-refractivity contribution in [2.45, 2.75) is 25.7 Å². The zero-order valence-corrected chi connectivity index (χ0v) is 8.05. The second kappa shape index (κ2) is 3.36. The molecule has 2 rings (SSSR count). The van der Waals surface area contributed by atoms with E-state index in [1.54, 1.807) is 6.20 Å². The van der Waals surface area contributed by atoms with Gasteiger partial charge in [-0.3, -0.25) is 4.79 Å². The lowest BCUT2D eigenvalue weighted by atomic mass is 10.1. The highest BCUT2D eigenvalue weighted by atomic mass is 16.1. The Kier molecular flexibility index (Phi) is 2.19. The third-order valence-corrected chi connectivity index (χ3v) is 2.77. The normalized spacial score (nSPS) is 15.7. The highest BCUT2D eigenvalue weighted by molar-refractivity contribution is 5.96. The van der Waals surface area contributed by atoms with Crippen LogP contribution < -0.4 is 11.5 Å². The van der Waals surface area contributed by atoms with Gasteiger partial charge in [-0.1, -0.05) is 12.8 Å². The van der Waals surface area contributed by atoms with Gasteiger partial charge in [-0.05, 0) is 24.3 Å². The second-order valence-corrected chi connectivity index (χ2v) is 3.95. The number of nitrogens with two attached hydrogens (primary N) is 2. The first-order chi connectivity index (χ1) is 6.68. The lowest BCUT2D eigenvalue weighted by molar-refractivity contribution is 0.0997. The Morgan fingerprint density at radius 1 is 1.57 bits per heavy atom. The van der Waals surface area contributed by atoms with Gasteiger partial charge < -0.3 is 16.5 Å². The summed E-state index contributed by atoms with van der Waals surface area (Å²) in [4.78, 5) is 13.7. The van der Waals surface area contributed by atoms with Gasteiger partial charge >= 0.3 is 0 Å². The fourth-order valence-corrected chi connectivity index (χ4v) is 1.65. The molecule has 0 radical (unpaired) electrons. The van der Waals surface area contributed by atoms with Crippen molar-refractivity contribution in [3.63, 3.8) is 0 Å². The zero-order chi connectivity index (χ0) is 10.1. The molecule has 4 nitrogen and oxygen atoms in total. The van der Waals surface area contributed by atoms with Gasteiger partial charge in [0, 0.05) is 6.20 Å². The van der Waals surface area contributed by atoms with Crippen LogP contribution in [0.1, 0.15) is 35.3 Å². The van der Waals surface area contributed by atoms with Crippen LogP contribution in [0.2, 0.25) is 0 Å². The van der Waals surface area contributed by atoms with E-state index in [9.17, 15) is 4.79 Å². The molecule has 4 heteroatoms. The molecule has 1 fully saturated rings. The molecule has 14 heavy (non-hydrogen) atoms. The molecule has 1 aromatic heterocycles. The van der Waals surface area contributed by atoms with E-state index < -0.39 is 5.91 Å². The Hall–Kier alpha value is -1.45. The van der Waals surface area contributed by atoms with Gasteiger partial charge in [0.25, 0.3) is 5.91 Å². The Balaban J connectivity index is 2.05. The van der Waals surface area contributed by atoms with Crippen LogP contribution in [0, 0.1) is 5.92 Å². The topological polar surface area (TPSA) is 84.9 Å². The van der Waals surface area contributed by atoms with Gasteiger partial charge in [-0.25, -0.2) is 0 Å². The molecule has 0 bridgehead atoms. The van der Waals surface area contributed by atoms with Crippen LogP contribution in [-0.4, -0.2) is 10.9 Å². The number of anilines is 1. The maximum atomic E-state index is 10.9. The molecule has 0 aliphatic heterocycles. The predicted molar refractivity (Wildman–Crippen MR) is 54.8 cm³/mol. The van der Waals surface area contributed by atoms with Crippen LogP contribution in [0.5, 0.6) is 0 Å². The lowest BCUT2D eigenvalue weighted by Crippen LogP contribution is -2.13. The van der Waals surface area contributed by atoms with Crippen LogP contribution in [0.15, 0.2) is 6.20 Å². The first kappa shape index (κ1) is 9.12. The summed E-state index contributed by atoms with van der Waals surface area (Å²) >= 11 is 0. The number of primary amides is 1. The van der Waals surface area contributed by atoms with E-state index >= 15 is 0 Å². The van der Waals surface area contributed by atoms with Crippen molar-refractivity contribution in [1.82, 2.24) is 4.98 Å². The Morgan fingerprint density at radius 3 is 2.79 bits per heavy atom. The van der Waals surface area contributed by atoms with Crippen LogP contribution in [-0.2, 0) is 6.42 Å². The first-order valence-corrected chi connectivity index (χ1v) is 4.94. The van der Waals surface area contributed by atoms with Crippen LogP contribution in [0.25, 0.3) is 0 Å². The third kappa shape index (κ3) is 1.73. The number of nitrogens with one attached hydrogen (secondary N) is 1. The molecule has 0 unspecified atom stereocenters. The van der Waals surface area contributed by atoms with E-state index in [-0.39, 0.29) is 0 Å². The molecule has 76 valence electrons. The summed E-state index contributed by atoms with van der Waals surface area (Å²) in [5.74, 6) is 0.390. The second-order valence-electron chi connectivity index (χ2n) is 3.95. The number of nitrogen functional groups attached to an aromatic ring is 1. The van der Waals surface area contributed by atoms with Crippen molar-refractivity contribution in [3.8, 4) is 0 Å². The molecule has 5 N–H and O–H groups in total. The number of aryl methyl sites for hydroxylation is 1. The largest absolute Gasteiger partial charge is 0.397 e. The van der Waals surface area contributed by atoms with E-state index in [4.69, 9.17) is 11.5 Å². The van der Waals surface area contributed by atoms with Gasteiger partial charge in [-0.2, -0.15) is 0 Å². The molecule has 0 atom stereocenters. The molecule has 0 saturated heterocycles. The minimum atomic E-state index is -0.486. The van der Waals surface area contributed by atoms with Crippen LogP contribution >= 0.6 is 0 Å². The van der Waals surface area contributed by atoms with Crippen molar-refractivity contribution < 1.29 is 4.79 Å². The highest BCUT2D eigenvalue weighted by Gasteiger charge is 2.21. The van der Waals surface area contributed by atoms with E-state index in [2.05, 4.69) is 4.98 Å². The molecule has 1 saturated carbocycles. The minimum absolute atomic E-state index is 0.343. The summed E-state index contributed by atoms with van der Waals surface area (Å²) in [6.45, 7) is 0. The number of carbonyl (C=O) groups excluding carboxylic acids is 1. The summed E-state index contributed by atoms with van der Waals surface area (Å²) in [5.41, 5.74) is 12.8. The van der Waals surface area contributed by atoms with Crippen LogP contribution in [0.3, 0.4) is 0 Å². The lowest BCUT2D eigenvalue weighted by Gasteiger charge is -1.98. The van der Waals surface area contributed by atoms with E-state index in [0.717, 1.165) is 17.9 Å². The Labute approximate surface area is 82.7 Å². The van der Waals surface area contributed by atoms with Gasteiger partial charge in [-0.15, -0.1) is 0 Å². The molecular formula is C10H15N3O. The standard InChI is InChI=1S/C10H15N3O/c11-8-7(4-3-6-1-2-6)5-13-9(8)10(12)14/h5-6,13H,1-4,11H2,(H2,12,14). The fraction of sp³-hybridized carbons (Fsp3) is 0.500. The number of H-pyrrole nitrogens is 1. The average molecular weight is 193 g/mol. The SMILES string of the molecule is NC(=O)c1[nH]cc(CCC2CC2)c1N. The van der Waals surface area contributed by atoms with Crippen LogP contribution in [0.4, 0.5) is 5.69 Å². The number of carbonyl (C=O) groups is 1. The number of aromatic amines is 1. The monoisotopic (exact) mass is 193 g/mol. The Bertz CT molecular complexity index is 352. The molecule has 0 spiro atoms.